The van der Waals surface area contributed by atoms with Gasteiger partial charge in [0.2, 0.25) is 0 Å². The number of nitrogens with zero attached hydrogens (tertiary/aromatic N) is 1. The van der Waals surface area contributed by atoms with Crippen molar-refractivity contribution in [2.75, 3.05) is 11.9 Å². The summed E-state index contributed by atoms with van der Waals surface area (Å²) in [5, 5.41) is 2.39. The number of carbonyl (C=O) groups is 2. The van der Waals surface area contributed by atoms with Gasteiger partial charge in [-0.2, -0.15) is 13.2 Å². The number of amides is 2. The van der Waals surface area contributed by atoms with Crippen LogP contribution >= 0.6 is 0 Å². The van der Waals surface area contributed by atoms with Crippen molar-refractivity contribution in [1.29, 1.82) is 0 Å². The summed E-state index contributed by atoms with van der Waals surface area (Å²) in [6, 6.07) is 4.02. The Morgan fingerprint density at radius 1 is 1.10 bits per heavy atom. The van der Waals surface area contributed by atoms with Gasteiger partial charge >= 0.3 is 12.3 Å². The summed E-state index contributed by atoms with van der Waals surface area (Å²) in [6.45, 7) is 12.1. The highest BCUT2D eigenvalue weighted by Gasteiger charge is 2.34. The van der Waals surface area contributed by atoms with Crippen LogP contribution < -0.4 is 5.32 Å². The number of anilines is 1. The van der Waals surface area contributed by atoms with Crippen LogP contribution in [0.25, 0.3) is 0 Å². The lowest BCUT2D eigenvalue weighted by molar-refractivity contribution is -0.146. The zero-order valence-electron chi connectivity index (χ0n) is 17.9. The van der Waals surface area contributed by atoms with Gasteiger partial charge in [-0.15, -0.1) is 0 Å². The highest BCUT2D eigenvalue weighted by molar-refractivity contribution is 5.89. The minimum atomic E-state index is -4.45. The monoisotopic (exact) mass is 416 g/mol. The topological polar surface area (TPSA) is 58.6 Å². The molecule has 5 nitrogen and oxygen atoms in total. The third-order valence-corrected chi connectivity index (χ3v) is 4.19. The van der Waals surface area contributed by atoms with E-state index in [1.807, 2.05) is 41.5 Å². The summed E-state index contributed by atoms with van der Waals surface area (Å²) < 4.78 is 43.3. The summed E-state index contributed by atoms with van der Waals surface area (Å²) in [6.07, 6.45) is -5.21. The molecular weight excluding hydrogens is 385 g/mol. The van der Waals surface area contributed by atoms with Crippen LogP contribution in [0.5, 0.6) is 0 Å². The number of ether oxygens (including phenoxy) is 1. The molecule has 8 heteroatoms. The second-order valence-electron chi connectivity index (χ2n) is 8.38. The first-order valence-electron chi connectivity index (χ1n) is 9.72. The first-order chi connectivity index (χ1) is 13.3. The van der Waals surface area contributed by atoms with E-state index in [1.165, 1.54) is 0 Å². The van der Waals surface area contributed by atoms with Crippen molar-refractivity contribution in [2.45, 2.75) is 72.2 Å². The van der Waals surface area contributed by atoms with Gasteiger partial charge in [-0.05, 0) is 63.8 Å². The van der Waals surface area contributed by atoms with E-state index in [0.717, 1.165) is 30.7 Å². The average molecular weight is 416 g/mol. The molecule has 0 fully saturated rings. The number of halogens is 3. The van der Waals surface area contributed by atoms with Crippen LogP contribution in [0.1, 0.15) is 59.9 Å². The van der Waals surface area contributed by atoms with E-state index in [2.05, 4.69) is 5.32 Å². The zero-order valence-corrected chi connectivity index (χ0v) is 17.9. The predicted octanol–water partition coefficient (Wildman–Crippen LogP) is 5.71. The molecule has 0 saturated carbocycles. The number of rotatable bonds is 7. The lowest BCUT2D eigenvalue weighted by atomic mass is 10.0. The fourth-order valence-electron chi connectivity index (χ4n) is 2.82. The van der Waals surface area contributed by atoms with Gasteiger partial charge in [0, 0.05) is 17.8 Å². The van der Waals surface area contributed by atoms with Gasteiger partial charge in [-0.1, -0.05) is 20.8 Å². The van der Waals surface area contributed by atoms with Gasteiger partial charge in [-0.25, -0.2) is 4.79 Å². The van der Waals surface area contributed by atoms with Crippen molar-refractivity contribution in [3.63, 3.8) is 0 Å². The van der Waals surface area contributed by atoms with Crippen molar-refractivity contribution in [1.82, 2.24) is 4.90 Å². The summed E-state index contributed by atoms with van der Waals surface area (Å²) >= 11 is 0. The number of hydrogen-bond acceptors (Lipinski definition) is 3. The molecule has 1 aromatic carbocycles. The van der Waals surface area contributed by atoms with Crippen LogP contribution in [-0.2, 0) is 15.7 Å². The van der Waals surface area contributed by atoms with Gasteiger partial charge < -0.3 is 9.64 Å². The van der Waals surface area contributed by atoms with Crippen LogP contribution in [0.4, 0.5) is 23.7 Å². The largest absolute Gasteiger partial charge is 0.436 e. The maximum atomic E-state index is 13.1. The Morgan fingerprint density at radius 2 is 1.66 bits per heavy atom. The third-order valence-electron chi connectivity index (χ3n) is 4.19. The molecule has 1 rings (SSSR count). The van der Waals surface area contributed by atoms with Crippen LogP contribution in [0.2, 0.25) is 0 Å². The molecule has 0 heterocycles. The minimum Gasteiger partial charge on any atom is -0.436 e. The highest BCUT2D eigenvalue weighted by atomic mass is 19.4. The van der Waals surface area contributed by atoms with E-state index < -0.39 is 29.5 Å². The first-order valence-corrected chi connectivity index (χ1v) is 9.72. The molecule has 0 radical (unpaired) electrons. The smallest absolute Gasteiger partial charge is 0.416 e. The molecule has 0 bridgehead atoms. The standard InChI is InChI=1S/C21H31F3N2O3/c1-7-12-26(20(4,5)6)18(27)17(13-14(2)3)29-19(28)25-16-10-8-15(9-11-16)21(22,23)24/h8-11,14,17H,7,12-13H2,1-6H3,(H,25,28)/t17-/m0/s1. The molecular formula is C21H31F3N2O3. The van der Waals surface area contributed by atoms with Crippen LogP contribution in [0.3, 0.4) is 0 Å². The van der Waals surface area contributed by atoms with Crippen LogP contribution in [0, 0.1) is 5.92 Å². The van der Waals surface area contributed by atoms with E-state index in [9.17, 15) is 22.8 Å². The molecule has 0 spiro atoms. The summed E-state index contributed by atoms with van der Waals surface area (Å²) in [5.74, 6) is -0.179. The highest BCUT2D eigenvalue weighted by Crippen LogP contribution is 2.30. The van der Waals surface area contributed by atoms with E-state index in [1.54, 1.807) is 4.90 Å². The van der Waals surface area contributed by atoms with Crippen LogP contribution in [0.15, 0.2) is 24.3 Å². The second-order valence-corrected chi connectivity index (χ2v) is 8.38. The maximum Gasteiger partial charge on any atom is 0.416 e. The Bertz CT molecular complexity index is 680. The molecule has 1 aromatic rings. The Hall–Kier alpha value is -2.25. The molecule has 1 atom stereocenters. The van der Waals surface area contributed by atoms with Crippen molar-refractivity contribution >= 4 is 17.7 Å². The van der Waals surface area contributed by atoms with Gasteiger partial charge in [0.1, 0.15) is 0 Å². The van der Waals surface area contributed by atoms with Gasteiger partial charge in [-0.3, -0.25) is 10.1 Å². The van der Waals surface area contributed by atoms with E-state index >= 15 is 0 Å². The minimum absolute atomic E-state index is 0.103. The summed E-state index contributed by atoms with van der Waals surface area (Å²) in [7, 11) is 0. The fourth-order valence-corrected chi connectivity index (χ4v) is 2.82. The van der Waals surface area contributed by atoms with Crippen molar-refractivity contribution in [2.24, 2.45) is 5.92 Å². The molecule has 0 unspecified atom stereocenters. The van der Waals surface area contributed by atoms with E-state index in [4.69, 9.17) is 4.74 Å². The van der Waals surface area contributed by atoms with Gasteiger partial charge in [0.05, 0.1) is 5.56 Å². The normalized spacial score (nSPS) is 13.2. The summed E-state index contributed by atoms with van der Waals surface area (Å²) in [4.78, 5) is 27.0. The number of nitrogens with one attached hydrogen (secondary N) is 1. The van der Waals surface area contributed by atoms with Crippen LogP contribution in [-0.4, -0.2) is 35.1 Å². The number of alkyl halides is 3. The van der Waals surface area contributed by atoms with Crippen molar-refractivity contribution in [3.05, 3.63) is 29.8 Å². The molecule has 0 aliphatic carbocycles. The summed E-state index contributed by atoms with van der Waals surface area (Å²) in [5.41, 5.74) is -1.10. The predicted molar refractivity (Wildman–Crippen MR) is 107 cm³/mol. The Kier molecular flexibility index (Phi) is 8.53. The number of benzene rings is 1. The molecule has 0 saturated heterocycles. The van der Waals surface area contributed by atoms with Gasteiger partial charge in [0.25, 0.3) is 5.91 Å². The van der Waals surface area contributed by atoms with Crippen molar-refractivity contribution in [3.8, 4) is 0 Å². The van der Waals surface area contributed by atoms with E-state index in [0.29, 0.717) is 13.0 Å². The molecule has 164 valence electrons. The molecule has 2 amide bonds. The zero-order chi connectivity index (χ0) is 22.4. The number of hydrogen-bond donors (Lipinski definition) is 1. The Balaban J connectivity index is 2.91. The molecule has 29 heavy (non-hydrogen) atoms. The van der Waals surface area contributed by atoms with Gasteiger partial charge in [0.15, 0.2) is 6.10 Å². The molecule has 0 aliphatic rings. The molecule has 1 N–H and O–H groups in total. The Morgan fingerprint density at radius 3 is 2.07 bits per heavy atom. The molecule has 0 aliphatic heterocycles. The second kappa shape index (κ2) is 9.98. The first kappa shape index (κ1) is 24.8. The molecule has 0 aromatic heterocycles. The van der Waals surface area contributed by atoms with E-state index in [-0.39, 0.29) is 17.5 Å². The average Bonchev–Trinajstić information content (AvgIpc) is 2.56. The number of carbonyl (C=O) groups excluding carboxylic acids is 2. The SMILES string of the molecule is CCCN(C(=O)[C@H](CC(C)C)OC(=O)Nc1ccc(C(F)(F)F)cc1)C(C)(C)C. The lowest BCUT2D eigenvalue weighted by Crippen LogP contribution is -2.51. The fraction of sp³-hybridized carbons (Fsp3) is 0.619. The van der Waals surface area contributed by atoms with Crippen molar-refractivity contribution < 1.29 is 27.5 Å². The quantitative estimate of drug-likeness (QED) is 0.620. The Labute approximate surface area is 170 Å². The third kappa shape index (κ3) is 7.95. The lowest BCUT2D eigenvalue weighted by Gasteiger charge is -2.38. The maximum absolute atomic E-state index is 13.1.